The highest BCUT2D eigenvalue weighted by molar-refractivity contribution is 7.92. The predicted octanol–water partition coefficient (Wildman–Crippen LogP) is 3.44. The molecule has 0 atom stereocenters. The lowest BCUT2D eigenvalue weighted by molar-refractivity contribution is 0.862. The monoisotopic (exact) mass is 309 g/mol. The Morgan fingerprint density at radius 1 is 1.25 bits per heavy atom. The van der Waals surface area contributed by atoms with E-state index in [0.29, 0.717) is 10.8 Å². The first-order chi connectivity index (χ1) is 9.60. The van der Waals surface area contributed by atoms with Crippen molar-refractivity contribution in [3.63, 3.8) is 0 Å². The normalized spacial score (nSPS) is 11.2. The standard InChI is InChI=1S/C13H9ClFN3OS/c1-17-6-8(2-5-12(17)19)10-7-18(20-15)13-9(10)3-4-11(14)16-13/h2-7H,1H3. The minimum absolute atomic E-state index is 0.0568. The number of hydrogen-bond acceptors (Lipinski definition) is 3. The summed E-state index contributed by atoms with van der Waals surface area (Å²) in [6.45, 7) is 0. The molecular formula is C13H9ClFN3OS. The Bertz CT molecular complexity index is 858. The topological polar surface area (TPSA) is 39.8 Å². The van der Waals surface area contributed by atoms with Gasteiger partial charge in [0.1, 0.15) is 5.15 Å². The van der Waals surface area contributed by atoms with E-state index in [4.69, 9.17) is 11.6 Å². The molecule has 0 aliphatic carbocycles. The quantitative estimate of drug-likeness (QED) is 0.681. The van der Waals surface area contributed by atoms with Gasteiger partial charge in [-0.1, -0.05) is 11.6 Å². The van der Waals surface area contributed by atoms with E-state index in [-0.39, 0.29) is 17.9 Å². The highest BCUT2D eigenvalue weighted by Gasteiger charge is 2.13. The molecular weight excluding hydrogens is 301 g/mol. The van der Waals surface area contributed by atoms with Crippen LogP contribution in [0.1, 0.15) is 0 Å². The van der Waals surface area contributed by atoms with Crippen molar-refractivity contribution in [1.29, 1.82) is 0 Å². The van der Waals surface area contributed by atoms with Crippen molar-refractivity contribution in [1.82, 2.24) is 13.5 Å². The number of aromatic nitrogens is 3. The summed E-state index contributed by atoms with van der Waals surface area (Å²) in [5.74, 6) is 0. The minimum Gasteiger partial charge on any atom is -0.318 e. The lowest BCUT2D eigenvalue weighted by Crippen LogP contribution is -2.13. The van der Waals surface area contributed by atoms with Gasteiger partial charge < -0.3 is 4.57 Å². The SMILES string of the molecule is Cn1cc(-c2cn(SF)c3nc(Cl)ccc23)ccc1=O. The summed E-state index contributed by atoms with van der Waals surface area (Å²) >= 11 is 5.90. The average molecular weight is 310 g/mol. The molecule has 0 aliphatic rings. The molecule has 20 heavy (non-hydrogen) atoms. The summed E-state index contributed by atoms with van der Waals surface area (Å²) < 4.78 is 15.8. The maximum Gasteiger partial charge on any atom is 0.250 e. The molecule has 0 fully saturated rings. The molecule has 3 aromatic heterocycles. The maximum absolute atomic E-state index is 13.0. The Balaban J connectivity index is 2.30. The Morgan fingerprint density at radius 2 is 2.05 bits per heavy atom. The third kappa shape index (κ3) is 2.10. The van der Waals surface area contributed by atoms with E-state index in [0.717, 1.165) is 16.5 Å². The minimum atomic E-state index is -0.0986. The fourth-order valence-electron chi connectivity index (χ4n) is 2.09. The zero-order chi connectivity index (χ0) is 14.3. The number of rotatable bonds is 2. The Hall–Kier alpha value is -1.79. The highest BCUT2D eigenvalue weighted by atomic mass is 35.5. The van der Waals surface area contributed by atoms with Crippen LogP contribution in [0.25, 0.3) is 22.2 Å². The molecule has 3 rings (SSSR count). The number of aryl methyl sites for hydroxylation is 1. The van der Waals surface area contributed by atoms with E-state index in [1.165, 1.54) is 14.6 Å². The van der Waals surface area contributed by atoms with Gasteiger partial charge in [-0.3, -0.25) is 4.79 Å². The summed E-state index contributed by atoms with van der Waals surface area (Å²) in [7, 11) is 1.67. The molecule has 0 saturated carbocycles. The fraction of sp³-hybridized carbons (Fsp3) is 0.0769. The maximum atomic E-state index is 13.0. The molecule has 0 radical (unpaired) electrons. The number of fused-ring (bicyclic) bond motifs is 1. The van der Waals surface area contributed by atoms with Gasteiger partial charge >= 0.3 is 0 Å². The van der Waals surface area contributed by atoms with Crippen LogP contribution in [0.5, 0.6) is 0 Å². The third-order valence-electron chi connectivity index (χ3n) is 3.06. The van der Waals surface area contributed by atoms with Crippen LogP contribution in [0.4, 0.5) is 3.89 Å². The van der Waals surface area contributed by atoms with Gasteiger partial charge in [-0.15, -0.1) is 3.89 Å². The van der Waals surface area contributed by atoms with Gasteiger partial charge in [-0.2, -0.15) is 0 Å². The van der Waals surface area contributed by atoms with Crippen LogP contribution in [0, 0.1) is 0 Å². The lowest BCUT2D eigenvalue weighted by Gasteiger charge is -2.02. The molecule has 0 bridgehead atoms. The van der Waals surface area contributed by atoms with E-state index in [1.807, 2.05) is 0 Å². The van der Waals surface area contributed by atoms with Gasteiger partial charge in [0.15, 0.2) is 18.0 Å². The molecule has 7 heteroatoms. The highest BCUT2D eigenvalue weighted by Crippen LogP contribution is 2.32. The molecule has 0 unspecified atom stereocenters. The Kier molecular flexibility index (Phi) is 3.27. The Morgan fingerprint density at radius 3 is 2.75 bits per heavy atom. The second-order valence-corrected chi connectivity index (χ2v) is 5.23. The zero-order valence-electron chi connectivity index (χ0n) is 10.4. The van der Waals surface area contributed by atoms with E-state index < -0.39 is 0 Å². The smallest absolute Gasteiger partial charge is 0.250 e. The van der Waals surface area contributed by atoms with Crippen LogP contribution in [0.3, 0.4) is 0 Å². The predicted molar refractivity (Wildman–Crippen MR) is 79.5 cm³/mol. The molecule has 3 heterocycles. The van der Waals surface area contributed by atoms with Gasteiger partial charge in [0.25, 0.3) is 0 Å². The van der Waals surface area contributed by atoms with Crippen LogP contribution in [0.15, 0.2) is 41.5 Å². The number of halogens is 2. The van der Waals surface area contributed by atoms with Crippen LogP contribution in [-0.4, -0.2) is 13.5 Å². The molecule has 0 aromatic carbocycles. The van der Waals surface area contributed by atoms with E-state index >= 15 is 0 Å². The van der Waals surface area contributed by atoms with E-state index in [9.17, 15) is 8.68 Å². The first-order valence-electron chi connectivity index (χ1n) is 5.74. The second kappa shape index (κ2) is 4.96. The van der Waals surface area contributed by atoms with Gasteiger partial charge in [-0.25, -0.2) is 8.96 Å². The molecule has 0 amide bonds. The average Bonchev–Trinajstić information content (AvgIpc) is 2.79. The second-order valence-electron chi connectivity index (χ2n) is 4.31. The number of pyridine rings is 2. The van der Waals surface area contributed by atoms with Crippen LogP contribution in [-0.2, 0) is 7.05 Å². The molecule has 4 nitrogen and oxygen atoms in total. The summed E-state index contributed by atoms with van der Waals surface area (Å²) in [4.78, 5) is 15.6. The Labute approximate surface area is 123 Å². The van der Waals surface area contributed by atoms with Crippen molar-refractivity contribution in [2.45, 2.75) is 0 Å². The first-order valence-corrected chi connectivity index (χ1v) is 6.79. The molecule has 0 N–H and O–H groups in total. The van der Waals surface area contributed by atoms with Crippen LogP contribution >= 0.6 is 23.9 Å². The molecule has 3 aromatic rings. The van der Waals surface area contributed by atoms with Gasteiger partial charge in [0.05, 0.1) is 0 Å². The molecule has 0 saturated heterocycles. The molecule has 0 aliphatic heterocycles. The summed E-state index contributed by atoms with van der Waals surface area (Å²) in [5.41, 5.74) is 1.96. The van der Waals surface area contributed by atoms with Crippen LogP contribution in [0.2, 0.25) is 5.15 Å². The number of nitrogens with zero attached hydrogens (tertiary/aromatic N) is 3. The van der Waals surface area contributed by atoms with Crippen LogP contribution < -0.4 is 5.56 Å². The third-order valence-corrected chi connectivity index (χ3v) is 3.70. The van der Waals surface area contributed by atoms with Gasteiger partial charge in [-0.05, 0) is 18.2 Å². The van der Waals surface area contributed by atoms with Crippen molar-refractivity contribution in [3.05, 3.63) is 52.2 Å². The van der Waals surface area contributed by atoms with Crippen molar-refractivity contribution in [2.75, 3.05) is 0 Å². The van der Waals surface area contributed by atoms with Crippen molar-refractivity contribution in [2.24, 2.45) is 7.05 Å². The van der Waals surface area contributed by atoms with Crippen molar-refractivity contribution < 1.29 is 3.89 Å². The van der Waals surface area contributed by atoms with Crippen molar-refractivity contribution >= 4 is 35.0 Å². The summed E-state index contributed by atoms with van der Waals surface area (Å²) in [6, 6.07) is 6.63. The van der Waals surface area contributed by atoms with Crippen molar-refractivity contribution in [3.8, 4) is 11.1 Å². The van der Waals surface area contributed by atoms with E-state index in [2.05, 4.69) is 4.98 Å². The van der Waals surface area contributed by atoms with Gasteiger partial charge in [0, 0.05) is 42.0 Å². The fourth-order valence-corrected chi connectivity index (χ4v) is 2.58. The molecule has 102 valence electrons. The lowest BCUT2D eigenvalue weighted by atomic mass is 10.1. The summed E-state index contributed by atoms with van der Waals surface area (Å²) in [5, 5.41) is 1.08. The number of hydrogen-bond donors (Lipinski definition) is 0. The largest absolute Gasteiger partial charge is 0.318 e. The van der Waals surface area contributed by atoms with E-state index in [1.54, 1.807) is 37.6 Å². The molecule has 0 spiro atoms. The van der Waals surface area contributed by atoms with Gasteiger partial charge in [0.2, 0.25) is 5.56 Å². The zero-order valence-corrected chi connectivity index (χ0v) is 12.0. The first kappa shape index (κ1) is 13.2. The summed E-state index contributed by atoms with van der Waals surface area (Å²) in [6.07, 6.45) is 3.34.